The molecule has 0 aliphatic heterocycles. The minimum Gasteiger partial charge on any atom is -0.393 e. The number of aliphatic hydroxyl groups is 3. The van der Waals surface area contributed by atoms with Gasteiger partial charge >= 0.3 is 0 Å². The Morgan fingerprint density at radius 1 is 1.00 bits per heavy atom. The molecule has 0 amide bonds. The van der Waals surface area contributed by atoms with Crippen molar-refractivity contribution in [1.82, 2.24) is 0 Å². The average Bonchev–Trinajstić information content (AvgIpc) is 2.99. The van der Waals surface area contributed by atoms with E-state index in [1.165, 1.54) is 31.3 Å². The van der Waals surface area contributed by atoms with Crippen molar-refractivity contribution in [1.29, 1.82) is 0 Å². The summed E-state index contributed by atoms with van der Waals surface area (Å²) in [6, 6.07) is 0. The highest BCUT2D eigenvalue weighted by Gasteiger charge is 2.63. The molecule has 0 aromatic heterocycles. The molecule has 184 valence electrons. The number of hydrogen-bond donors (Lipinski definition) is 3. The minimum atomic E-state index is -0.426. The summed E-state index contributed by atoms with van der Waals surface area (Å²) in [7, 11) is 0. The molecule has 0 aromatic carbocycles. The van der Waals surface area contributed by atoms with Gasteiger partial charge in [-0.15, -0.1) is 0 Å². The van der Waals surface area contributed by atoms with Crippen LogP contribution < -0.4 is 0 Å². The van der Waals surface area contributed by atoms with Crippen molar-refractivity contribution in [3.63, 3.8) is 0 Å². The predicted molar refractivity (Wildman–Crippen MR) is 131 cm³/mol. The number of fused-ring (bicyclic) bond motifs is 5. The Balaban J connectivity index is 1.56. The van der Waals surface area contributed by atoms with Crippen molar-refractivity contribution in [3.8, 4) is 0 Å². The van der Waals surface area contributed by atoms with E-state index in [4.69, 9.17) is 0 Å². The highest BCUT2D eigenvalue weighted by atomic mass is 16.3. The second kappa shape index (κ2) is 9.00. The van der Waals surface area contributed by atoms with Crippen molar-refractivity contribution in [3.05, 3.63) is 11.6 Å². The van der Waals surface area contributed by atoms with Crippen LogP contribution >= 0.6 is 0 Å². The van der Waals surface area contributed by atoms with Crippen molar-refractivity contribution in [2.24, 2.45) is 52.3 Å². The fourth-order valence-electron chi connectivity index (χ4n) is 9.38. The molecular weight excluding hydrogens is 396 g/mol. The van der Waals surface area contributed by atoms with E-state index < -0.39 is 6.10 Å². The van der Waals surface area contributed by atoms with Crippen LogP contribution in [0.1, 0.15) is 99.3 Å². The maximum atomic E-state index is 11.4. The quantitative estimate of drug-likeness (QED) is 0.441. The predicted octanol–water partition coefficient (Wildman–Crippen LogP) is 5.97. The van der Waals surface area contributed by atoms with Gasteiger partial charge in [-0.25, -0.2) is 0 Å². The summed E-state index contributed by atoms with van der Waals surface area (Å²) >= 11 is 0. The first-order valence-electron chi connectivity index (χ1n) is 13.8. The van der Waals surface area contributed by atoms with Gasteiger partial charge in [0, 0.05) is 0 Å². The van der Waals surface area contributed by atoms with Gasteiger partial charge in [-0.3, -0.25) is 0 Å². The van der Waals surface area contributed by atoms with E-state index in [0.29, 0.717) is 23.7 Å². The molecule has 9 unspecified atom stereocenters. The summed E-state index contributed by atoms with van der Waals surface area (Å²) in [5, 5.41) is 33.0. The monoisotopic (exact) mass is 446 g/mol. The van der Waals surface area contributed by atoms with E-state index in [0.717, 1.165) is 43.9 Å². The molecule has 0 radical (unpaired) electrons. The SMILES string of the molecule is CCC(CCC(C)C1C(O)CC2C3C(O)C=C4CC(O)CC[C@]4(C)C3CC[C@@]21C)C(C)C. The van der Waals surface area contributed by atoms with Crippen LogP contribution in [0.4, 0.5) is 0 Å². The van der Waals surface area contributed by atoms with Crippen molar-refractivity contribution < 1.29 is 15.3 Å². The van der Waals surface area contributed by atoms with Gasteiger partial charge in [0.2, 0.25) is 0 Å². The van der Waals surface area contributed by atoms with Crippen LogP contribution in [0.5, 0.6) is 0 Å². The Morgan fingerprint density at radius 2 is 1.72 bits per heavy atom. The first-order valence-corrected chi connectivity index (χ1v) is 13.8. The second-order valence-electron chi connectivity index (χ2n) is 13.1. The van der Waals surface area contributed by atoms with Gasteiger partial charge in [0.05, 0.1) is 18.3 Å². The normalized spacial score (nSPS) is 47.9. The summed E-state index contributed by atoms with van der Waals surface area (Å²) < 4.78 is 0. The third kappa shape index (κ3) is 3.93. The maximum Gasteiger partial charge on any atom is 0.0757 e. The molecule has 32 heavy (non-hydrogen) atoms. The minimum absolute atomic E-state index is 0.116. The smallest absolute Gasteiger partial charge is 0.0757 e. The third-order valence-electron chi connectivity index (χ3n) is 11.3. The van der Waals surface area contributed by atoms with Crippen molar-refractivity contribution in [2.75, 3.05) is 0 Å². The zero-order chi connectivity index (χ0) is 23.4. The van der Waals surface area contributed by atoms with Crippen LogP contribution in [-0.2, 0) is 0 Å². The van der Waals surface area contributed by atoms with E-state index in [1.807, 2.05) is 0 Å². The fourth-order valence-corrected chi connectivity index (χ4v) is 9.38. The summed E-state index contributed by atoms with van der Waals surface area (Å²) in [4.78, 5) is 0. The van der Waals surface area contributed by atoms with Crippen LogP contribution in [0.25, 0.3) is 0 Å². The Labute approximate surface area is 197 Å². The highest BCUT2D eigenvalue weighted by molar-refractivity contribution is 5.28. The van der Waals surface area contributed by atoms with E-state index >= 15 is 0 Å². The number of hydrogen-bond acceptors (Lipinski definition) is 3. The van der Waals surface area contributed by atoms with Crippen LogP contribution in [0.15, 0.2) is 11.6 Å². The van der Waals surface area contributed by atoms with Gasteiger partial charge in [-0.1, -0.05) is 66.0 Å². The van der Waals surface area contributed by atoms with E-state index in [2.05, 4.69) is 47.6 Å². The molecule has 3 N–H and O–H groups in total. The molecule has 0 saturated heterocycles. The Kier molecular flexibility index (Phi) is 6.96. The molecule has 11 atom stereocenters. The van der Waals surface area contributed by atoms with Gasteiger partial charge in [0.1, 0.15) is 0 Å². The topological polar surface area (TPSA) is 60.7 Å². The van der Waals surface area contributed by atoms with Crippen molar-refractivity contribution in [2.45, 2.75) is 118 Å². The summed E-state index contributed by atoms with van der Waals surface area (Å²) in [5.41, 5.74) is 1.54. The largest absolute Gasteiger partial charge is 0.393 e. The highest BCUT2D eigenvalue weighted by Crippen LogP contribution is 2.67. The molecular formula is C29H50O3. The van der Waals surface area contributed by atoms with E-state index in [1.54, 1.807) is 0 Å². The molecule has 3 fully saturated rings. The average molecular weight is 447 g/mol. The zero-order valence-corrected chi connectivity index (χ0v) is 21.6. The number of rotatable bonds is 6. The molecule has 3 heteroatoms. The molecule has 0 heterocycles. The van der Waals surface area contributed by atoms with E-state index in [-0.39, 0.29) is 29.0 Å². The molecule has 4 aliphatic rings. The molecule has 4 aliphatic carbocycles. The second-order valence-corrected chi connectivity index (χ2v) is 13.1. The standard InChI is InChI=1S/C29H50O3/c1-7-19(17(2)3)9-8-18(4)27-25(32)16-23-26-22(11-13-29(23,27)6)28(5)12-10-21(30)14-20(28)15-24(26)31/h15,17-19,21-27,30-32H,7-14,16H2,1-6H3/t18?,19?,21?,22?,23?,24?,25?,26?,27?,28-,29-/m0/s1. The van der Waals surface area contributed by atoms with Crippen LogP contribution in [-0.4, -0.2) is 33.6 Å². The summed E-state index contributed by atoms with van der Waals surface area (Å²) in [5.74, 6) is 3.51. The van der Waals surface area contributed by atoms with Crippen LogP contribution in [0.2, 0.25) is 0 Å². The molecule has 0 spiro atoms. The lowest BCUT2D eigenvalue weighted by Crippen LogP contribution is -2.55. The Bertz CT molecular complexity index is 701. The van der Waals surface area contributed by atoms with E-state index in [9.17, 15) is 15.3 Å². The fraction of sp³-hybridized carbons (Fsp3) is 0.931. The Morgan fingerprint density at radius 3 is 2.38 bits per heavy atom. The Hall–Kier alpha value is -0.380. The number of aliphatic hydroxyl groups excluding tert-OH is 3. The zero-order valence-electron chi connectivity index (χ0n) is 21.6. The van der Waals surface area contributed by atoms with Crippen LogP contribution in [0, 0.1) is 52.3 Å². The van der Waals surface area contributed by atoms with Gasteiger partial charge in [-0.05, 0) is 97.2 Å². The summed E-state index contributed by atoms with van der Waals surface area (Å²) in [6.45, 7) is 14.2. The lowest BCUT2D eigenvalue weighted by molar-refractivity contribution is -0.0989. The first-order chi connectivity index (χ1) is 15.0. The summed E-state index contributed by atoms with van der Waals surface area (Å²) in [6.07, 6.45) is 10.7. The lowest BCUT2D eigenvalue weighted by atomic mass is 9.46. The molecule has 0 bridgehead atoms. The first kappa shape index (κ1) is 24.7. The molecule has 3 saturated carbocycles. The van der Waals surface area contributed by atoms with Crippen LogP contribution in [0.3, 0.4) is 0 Å². The maximum absolute atomic E-state index is 11.4. The van der Waals surface area contributed by atoms with Gasteiger partial charge in [0.15, 0.2) is 0 Å². The third-order valence-corrected chi connectivity index (χ3v) is 11.3. The van der Waals surface area contributed by atoms with Gasteiger partial charge < -0.3 is 15.3 Å². The molecule has 3 nitrogen and oxygen atoms in total. The van der Waals surface area contributed by atoms with Gasteiger partial charge in [0.25, 0.3) is 0 Å². The van der Waals surface area contributed by atoms with Gasteiger partial charge in [-0.2, -0.15) is 0 Å². The molecule has 4 rings (SSSR count). The van der Waals surface area contributed by atoms with Crippen molar-refractivity contribution >= 4 is 0 Å². The molecule has 0 aromatic rings. The lowest BCUT2D eigenvalue weighted by Gasteiger charge is -2.59.